The molecule has 1 saturated carbocycles. The van der Waals surface area contributed by atoms with Gasteiger partial charge in [-0.3, -0.25) is 9.59 Å². The van der Waals surface area contributed by atoms with Gasteiger partial charge in [0.05, 0.1) is 12.2 Å². The molecule has 1 N–H and O–H groups in total. The molecule has 1 amide bonds. The molecule has 1 aliphatic carbocycles. The first kappa shape index (κ1) is 19.9. The molecule has 28 heavy (non-hydrogen) atoms. The zero-order valence-electron chi connectivity index (χ0n) is 15.3. The highest BCUT2D eigenvalue weighted by molar-refractivity contribution is 6.07. The lowest BCUT2D eigenvalue weighted by molar-refractivity contribution is -0.154. The predicted octanol–water partition coefficient (Wildman–Crippen LogP) is 4.06. The molecule has 2 aromatic rings. The lowest BCUT2D eigenvalue weighted by Crippen LogP contribution is -2.39. The van der Waals surface area contributed by atoms with Gasteiger partial charge in [0.2, 0.25) is 5.91 Å². The number of nitrogens with one attached hydrogen (secondary N) is 1. The van der Waals surface area contributed by atoms with Gasteiger partial charge in [0.1, 0.15) is 0 Å². The van der Waals surface area contributed by atoms with Gasteiger partial charge in [0, 0.05) is 12.5 Å². The van der Waals surface area contributed by atoms with Crippen molar-refractivity contribution in [2.75, 3.05) is 6.61 Å². The molecule has 0 heterocycles. The molecule has 1 aliphatic rings. The third-order valence-corrected chi connectivity index (χ3v) is 4.94. The minimum Gasteiger partial charge on any atom is -0.465 e. The van der Waals surface area contributed by atoms with Gasteiger partial charge in [-0.25, -0.2) is 0 Å². The number of ether oxygens (including phenoxy) is 1. The van der Waals surface area contributed by atoms with E-state index in [1.54, 1.807) is 6.92 Å². The van der Waals surface area contributed by atoms with Gasteiger partial charge in [-0.15, -0.1) is 0 Å². The average molecular weight is 391 g/mol. The fourth-order valence-electron chi connectivity index (χ4n) is 3.33. The van der Waals surface area contributed by atoms with E-state index in [-0.39, 0.29) is 19.6 Å². The number of amides is 1. The van der Waals surface area contributed by atoms with Gasteiger partial charge < -0.3 is 10.1 Å². The number of benzene rings is 2. The highest BCUT2D eigenvalue weighted by Crippen LogP contribution is 2.60. The molecule has 0 spiro atoms. The highest BCUT2D eigenvalue weighted by atomic mass is 19.4. The molecular formula is C21H20F3NO3. The van der Waals surface area contributed by atoms with Crippen molar-refractivity contribution in [2.24, 2.45) is 5.41 Å². The van der Waals surface area contributed by atoms with Gasteiger partial charge in [-0.05, 0) is 36.6 Å². The van der Waals surface area contributed by atoms with E-state index in [2.05, 4.69) is 5.32 Å². The Morgan fingerprint density at radius 3 is 2.32 bits per heavy atom. The Bertz CT molecular complexity index is 849. The fourth-order valence-corrected chi connectivity index (χ4v) is 3.33. The second kappa shape index (κ2) is 7.66. The number of hydrogen-bond acceptors (Lipinski definition) is 3. The standard InChI is InChI=1S/C21H20F3NO3/c1-2-28-19(27)20(18(26)25-13-14-6-4-3-5-7-14)12-17(20)15-8-10-16(11-9-15)21(22,23)24/h3-11,17H,2,12-13H2,1H3,(H,25,26). The number of hydrogen-bond donors (Lipinski definition) is 1. The number of alkyl halides is 3. The SMILES string of the molecule is CCOC(=O)C1(C(=O)NCc2ccccc2)CC1c1ccc(C(F)(F)F)cc1. The van der Waals surface area contributed by atoms with Crippen LogP contribution in [0, 0.1) is 5.41 Å². The molecule has 2 atom stereocenters. The summed E-state index contributed by atoms with van der Waals surface area (Å²) in [4.78, 5) is 25.4. The van der Waals surface area contributed by atoms with Gasteiger partial charge in [0.25, 0.3) is 0 Å². The summed E-state index contributed by atoms with van der Waals surface area (Å²) in [6, 6.07) is 13.8. The lowest BCUT2D eigenvalue weighted by Gasteiger charge is -2.17. The van der Waals surface area contributed by atoms with E-state index in [0.29, 0.717) is 5.56 Å². The van der Waals surface area contributed by atoms with E-state index in [0.717, 1.165) is 17.7 Å². The minimum atomic E-state index is -4.44. The Kier molecular flexibility index (Phi) is 5.45. The maximum atomic E-state index is 12.8. The third-order valence-electron chi connectivity index (χ3n) is 4.94. The molecule has 148 valence electrons. The van der Waals surface area contributed by atoms with Crippen LogP contribution in [0.25, 0.3) is 0 Å². The van der Waals surface area contributed by atoms with Crippen LogP contribution in [0.3, 0.4) is 0 Å². The monoisotopic (exact) mass is 391 g/mol. The smallest absolute Gasteiger partial charge is 0.416 e. The number of carbonyl (C=O) groups is 2. The molecule has 2 unspecified atom stereocenters. The van der Waals surface area contributed by atoms with Crippen molar-refractivity contribution in [1.82, 2.24) is 5.32 Å². The van der Waals surface area contributed by atoms with Crippen LogP contribution in [0.15, 0.2) is 54.6 Å². The number of rotatable bonds is 6. The molecule has 1 fully saturated rings. The van der Waals surface area contributed by atoms with Crippen LogP contribution in [-0.4, -0.2) is 18.5 Å². The van der Waals surface area contributed by atoms with Crippen molar-refractivity contribution >= 4 is 11.9 Å². The Labute approximate surface area is 160 Å². The van der Waals surface area contributed by atoms with Crippen molar-refractivity contribution in [1.29, 1.82) is 0 Å². The minimum absolute atomic E-state index is 0.117. The summed E-state index contributed by atoms with van der Waals surface area (Å²) < 4.78 is 43.4. The maximum absolute atomic E-state index is 12.8. The van der Waals surface area contributed by atoms with E-state index in [1.807, 2.05) is 30.3 Å². The first-order valence-electron chi connectivity index (χ1n) is 8.95. The molecule has 0 aliphatic heterocycles. The van der Waals surface area contributed by atoms with E-state index in [1.165, 1.54) is 12.1 Å². The van der Waals surface area contributed by atoms with Crippen molar-refractivity contribution in [3.63, 3.8) is 0 Å². The van der Waals surface area contributed by atoms with Crippen molar-refractivity contribution < 1.29 is 27.5 Å². The van der Waals surface area contributed by atoms with Gasteiger partial charge >= 0.3 is 12.1 Å². The normalized spacial score (nSPS) is 21.1. The van der Waals surface area contributed by atoms with Crippen LogP contribution in [0.5, 0.6) is 0 Å². The number of esters is 1. The molecule has 0 bridgehead atoms. The topological polar surface area (TPSA) is 55.4 Å². The van der Waals surface area contributed by atoms with Gasteiger partial charge in [-0.2, -0.15) is 13.2 Å². The molecule has 0 aromatic heterocycles. The predicted molar refractivity (Wildman–Crippen MR) is 96.2 cm³/mol. The van der Waals surface area contributed by atoms with E-state index < -0.39 is 34.9 Å². The summed E-state index contributed by atoms with van der Waals surface area (Å²) in [6.07, 6.45) is -4.23. The van der Waals surface area contributed by atoms with E-state index >= 15 is 0 Å². The second-order valence-corrected chi connectivity index (χ2v) is 6.74. The maximum Gasteiger partial charge on any atom is 0.416 e. The zero-order chi connectivity index (χ0) is 20.4. The number of halogens is 3. The van der Waals surface area contributed by atoms with Crippen LogP contribution in [0.4, 0.5) is 13.2 Å². The van der Waals surface area contributed by atoms with Crippen molar-refractivity contribution in [3.05, 3.63) is 71.3 Å². The third kappa shape index (κ3) is 3.88. The largest absolute Gasteiger partial charge is 0.465 e. The Morgan fingerprint density at radius 2 is 1.75 bits per heavy atom. The zero-order valence-corrected chi connectivity index (χ0v) is 15.3. The summed E-state index contributed by atoms with van der Waals surface area (Å²) in [5.41, 5.74) is -0.783. The molecule has 0 saturated heterocycles. The molecule has 4 nitrogen and oxygen atoms in total. The summed E-state index contributed by atoms with van der Waals surface area (Å²) in [5, 5.41) is 2.76. The summed E-state index contributed by atoms with van der Waals surface area (Å²) in [6.45, 7) is 2.01. The summed E-state index contributed by atoms with van der Waals surface area (Å²) in [7, 11) is 0. The summed E-state index contributed by atoms with van der Waals surface area (Å²) in [5.74, 6) is -1.63. The Morgan fingerprint density at radius 1 is 1.11 bits per heavy atom. The quantitative estimate of drug-likeness (QED) is 0.597. The van der Waals surface area contributed by atoms with Crippen LogP contribution < -0.4 is 5.32 Å². The van der Waals surface area contributed by atoms with E-state index in [4.69, 9.17) is 4.74 Å². The molecule has 0 radical (unpaired) electrons. The lowest BCUT2D eigenvalue weighted by atomic mass is 9.97. The Balaban J connectivity index is 1.78. The molecule has 2 aromatic carbocycles. The average Bonchev–Trinajstić information content (AvgIpc) is 3.44. The van der Waals surface area contributed by atoms with Crippen LogP contribution in [-0.2, 0) is 27.0 Å². The van der Waals surface area contributed by atoms with Crippen LogP contribution in [0.2, 0.25) is 0 Å². The van der Waals surface area contributed by atoms with Crippen molar-refractivity contribution in [2.45, 2.75) is 32.0 Å². The van der Waals surface area contributed by atoms with Crippen molar-refractivity contribution in [3.8, 4) is 0 Å². The van der Waals surface area contributed by atoms with Crippen LogP contribution in [0.1, 0.15) is 36.0 Å². The molecule has 3 rings (SSSR count). The Hall–Kier alpha value is -2.83. The fraction of sp³-hybridized carbons (Fsp3) is 0.333. The second-order valence-electron chi connectivity index (χ2n) is 6.74. The van der Waals surface area contributed by atoms with Gasteiger partial charge in [-0.1, -0.05) is 42.5 Å². The van der Waals surface area contributed by atoms with E-state index in [9.17, 15) is 22.8 Å². The first-order chi connectivity index (χ1) is 13.3. The highest BCUT2D eigenvalue weighted by Gasteiger charge is 2.67. The first-order valence-corrected chi connectivity index (χ1v) is 8.95. The number of carbonyl (C=O) groups excluding carboxylic acids is 2. The summed E-state index contributed by atoms with van der Waals surface area (Å²) >= 11 is 0. The molecular weight excluding hydrogens is 371 g/mol. The van der Waals surface area contributed by atoms with Crippen LogP contribution >= 0.6 is 0 Å². The van der Waals surface area contributed by atoms with Gasteiger partial charge in [0.15, 0.2) is 5.41 Å². The molecule has 7 heteroatoms.